The summed E-state index contributed by atoms with van der Waals surface area (Å²) >= 11 is 1.75. The minimum absolute atomic E-state index is 0.391. The Kier molecular flexibility index (Phi) is 4.28. The van der Waals surface area contributed by atoms with Crippen LogP contribution in [0, 0.1) is 0 Å². The zero-order chi connectivity index (χ0) is 13.1. The molecular weight excluding hydrogens is 258 g/mol. The molecule has 0 saturated carbocycles. The highest BCUT2D eigenvalue weighted by Gasteiger charge is 2.36. The number of nitrogens with zero attached hydrogens (tertiary/aromatic N) is 3. The van der Waals surface area contributed by atoms with E-state index in [1.165, 1.54) is 5.01 Å². The Morgan fingerprint density at radius 3 is 3.21 bits per heavy atom. The van der Waals surface area contributed by atoms with Crippen LogP contribution in [-0.2, 0) is 11.3 Å². The van der Waals surface area contributed by atoms with Crippen LogP contribution in [0.5, 0.6) is 0 Å². The number of hydrogen-bond donors (Lipinski definition) is 0. The van der Waals surface area contributed by atoms with E-state index >= 15 is 0 Å². The van der Waals surface area contributed by atoms with Gasteiger partial charge in [-0.2, -0.15) is 0 Å². The molecule has 2 atom stereocenters. The Balaban J connectivity index is 1.51. The van der Waals surface area contributed by atoms with Gasteiger partial charge < -0.3 is 4.74 Å². The highest BCUT2D eigenvalue weighted by atomic mass is 32.1. The van der Waals surface area contributed by atoms with E-state index in [1.807, 2.05) is 12.3 Å². The third kappa shape index (κ3) is 3.23. The van der Waals surface area contributed by atoms with E-state index < -0.39 is 0 Å². The summed E-state index contributed by atoms with van der Waals surface area (Å²) in [5, 5.41) is 3.28. The van der Waals surface area contributed by atoms with Crippen LogP contribution < -0.4 is 0 Å². The predicted molar refractivity (Wildman–Crippen MR) is 77.3 cm³/mol. The lowest BCUT2D eigenvalue weighted by Crippen LogP contribution is -2.49. The van der Waals surface area contributed by atoms with Gasteiger partial charge in [-0.3, -0.25) is 9.80 Å². The van der Waals surface area contributed by atoms with E-state index in [1.54, 1.807) is 11.3 Å². The topological polar surface area (TPSA) is 28.6 Å². The number of fused-ring (bicyclic) bond motifs is 1. The third-order valence-corrected chi connectivity index (χ3v) is 4.72. The van der Waals surface area contributed by atoms with E-state index in [2.05, 4.69) is 26.7 Å². The Bertz CT molecular complexity index is 409. The maximum Gasteiger partial charge on any atom is 0.107 e. The molecule has 0 radical (unpaired) electrons. The molecule has 2 fully saturated rings. The molecule has 0 bridgehead atoms. The van der Waals surface area contributed by atoms with Gasteiger partial charge in [-0.15, -0.1) is 17.9 Å². The van der Waals surface area contributed by atoms with Crippen LogP contribution >= 0.6 is 11.3 Å². The molecule has 0 aromatic carbocycles. The Morgan fingerprint density at radius 1 is 1.47 bits per heavy atom. The fraction of sp³-hybridized carbons (Fsp3) is 0.643. The van der Waals surface area contributed by atoms with Crippen molar-refractivity contribution in [3.8, 4) is 0 Å². The maximum atomic E-state index is 5.80. The molecule has 0 amide bonds. The second-order valence-electron chi connectivity index (χ2n) is 5.29. The van der Waals surface area contributed by atoms with Crippen LogP contribution in [0.4, 0.5) is 0 Å². The predicted octanol–water partition coefficient (Wildman–Crippen LogP) is 1.60. The minimum atomic E-state index is 0.391. The number of aromatic nitrogens is 1. The van der Waals surface area contributed by atoms with Crippen LogP contribution in [0.25, 0.3) is 0 Å². The van der Waals surface area contributed by atoms with Crippen molar-refractivity contribution < 1.29 is 4.74 Å². The molecule has 104 valence electrons. The van der Waals surface area contributed by atoms with Gasteiger partial charge in [0.15, 0.2) is 0 Å². The van der Waals surface area contributed by atoms with Crippen molar-refractivity contribution in [2.45, 2.75) is 25.1 Å². The SMILES string of the molecule is C=CCO[C@@H]1C[C@@H]2CN(Cc3nccs3)CCN2C1. The average molecular weight is 279 g/mol. The first-order valence-electron chi connectivity index (χ1n) is 6.92. The summed E-state index contributed by atoms with van der Waals surface area (Å²) in [6.45, 7) is 9.92. The number of hydrogen-bond acceptors (Lipinski definition) is 5. The van der Waals surface area contributed by atoms with Gasteiger partial charge in [0.05, 0.1) is 19.3 Å². The molecule has 1 aromatic rings. The number of thiazole rings is 1. The largest absolute Gasteiger partial charge is 0.373 e. The van der Waals surface area contributed by atoms with Gasteiger partial charge in [-0.05, 0) is 6.42 Å². The van der Waals surface area contributed by atoms with E-state index in [9.17, 15) is 0 Å². The van der Waals surface area contributed by atoms with Crippen LogP contribution in [0.2, 0.25) is 0 Å². The number of piperazine rings is 1. The molecule has 3 rings (SSSR count). The monoisotopic (exact) mass is 279 g/mol. The summed E-state index contributed by atoms with van der Waals surface area (Å²) in [4.78, 5) is 9.48. The molecule has 0 aliphatic carbocycles. The van der Waals surface area contributed by atoms with Gasteiger partial charge in [0.1, 0.15) is 5.01 Å². The molecule has 0 N–H and O–H groups in total. The summed E-state index contributed by atoms with van der Waals surface area (Å²) in [5.74, 6) is 0. The highest BCUT2D eigenvalue weighted by Crippen LogP contribution is 2.25. The number of ether oxygens (including phenoxy) is 1. The van der Waals surface area contributed by atoms with Crippen molar-refractivity contribution in [2.24, 2.45) is 0 Å². The van der Waals surface area contributed by atoms with E-state index in [0.717, 1.165) is 39.1 Å². The van der Waals surface area contributed by atoms with Crippen molar-refractivity contribution >= 4 is 11.3 Å². The molecule has 2 aliphatic heterocycles. The van der Waals surface area contributed by atoms with Crippen LogP contribution in [0.1, 0.15) is 11.4 Å². The molecule has 1 aromatic heterocycles. The Labute approximate surface area is 118 Å². The molecule has 4 nitrogen and oxygen atoms in total. The first-order valence-corrected chi connectivity index (χ1v) is 7.80. The van der Waals surface area contributed by atoms with Crippen molar-refractivity contribution in [1.82, 2.24) is 14.8 Å². The number of rotatable bonds is 5. The van der Waals surface area contributed by atoms with Crippen molar-refractivity contribution in [1.29, 1.82) is 0 Å². The molecule has 0 spiro atoms. The first-order chi connectivity index (χ1) is 9.35. The normalized spacial score (nSPS) is 28.4. The first kappa shape index (κ1) is 13.2. The zero-order valence-electron chi connectivity index (χ0n) is 11.2. The quantitative estimate of drug-likeness (QED) is 0.766. The van der Waals surface area contributed by atoms with Crippen molar-refractivity contribution in [3.63, 3.8) is 0 Å². The molecule has 2 saturated heterocycles. The summed E-state index contributed by atoms with van der Waals surface area (Å²) in [5.41, 5.74) is 0. The average Bonchev–Trinajstić information content (AvgIpc) is 3.04. The van der Waals surface area contributed by atoms with Gasteiger partial charge >= 0.3 is 0 Å². The summed E-state index contributed by atoms with van der Waals surface area (Å²) < 4.78 is 5.80. The fourth-order valence-electron chi connectivity index (χ4n) is 3.05. The molecule has 19 heavy (non-hydrogen) atoms. The van der Waals surface area contributed by atoms with Gasteiger partial charge in [-0.1, -0.05) is 6.08 Å². The summed E-state index contributed by atoms with van der Waals surface area (Å²) in [7, 11) is 0. The van der Waals surface area contributed by atoms with E-state index in [-0.39, 0.29) is 0 Å². The fourth-order valence-corrected chi connectivity index (χ4v) is 3.71. The van der Waals surface area contributed by atoms with Crippen molar-refractivity contribution in [2.75, 3.05) is 32.8 Å². The molecular formula is C14H21N3OS. The van der Waals surface area contributed by atoms with Crippen LogP contribution in [0.3, 0.4) is 0 Å². The second kappa shape index (κ2) is 6.13. The Morgan fingerprint density at radius 2 is 2.42 bits per heavy atom. The lowest BCUT2D eigenvalue weighted by atomic mass is 10.1. The second-order valence-corrected chi connectivity index (χ2v) is 6.27. The molecule has 0 unspecified atom stereocenters. The summed E-state index contributed by atoms with van der Waals surface area (Å²) in [6, 6.07) is 0.656. The summed E-state index contributed by atoms with van der Waals surface area (Å²) in [6.07, 6.45) is 5.28. The van der Waals surface area contributed by atoms with Crippen LogP contribution in [-0.4, -0.2) is 59.7 Å². The lowest BCUT2D eigenvalue weighted by Gasteiger charge is -2.36. The maximum absolute atomic E-state index is 5.80. The minimum Gasteiger partial charge on any atom is -0.373 e. The lowest BCUT2D eigenvalue weighted by molar-refractivity contribution is 0.0758. The standard InChI is InChI=1S/C14H21N3OS/c1-2-6-18-13-8-12-9-16(4-5-17(12)10-13)11-14-15-3-7-19-14/h2-3,7,12-13H,1,4-6,8-11H2/t12-,13-/m1/s1. The molecule has 3 heterocycles. The van der Waals surface area contributed by atoms with Crippen LogP contribution in [0.15, 0.2) is 24.2 Å². The van der Waals surface area contributed by atoms with Gasteiger partial charge in [0, 0.05) is 43.8 Å². The zero-order valence-corrected chi connectivity index (χ0v) is 12.0. The molecule has 5 heteroatoms. The van der Waals surface area contributed by atoms with Crippen molar-refractivity contribution in [3.05, 3.63) is 29.2 Å². The Hall–Kier alpha value is -0.750. The molecule has 2 aliphatic rings. The smallest absolute Gasteiger partial charge is 0.107 e. The highest BCUT2D eigenvalue weighted by molar-refractivity contribution is 7.09. The van der Waals surface area contributed by atoms with E-state index in [0.29, 0.717) is 18.8 Å². The third-order valence-electron chi connectivity index (χ3n) is 3.95. The van der Waals surface area contributed by atoms with E-state index in [4.69, 9.17) is 4.74 Å². The van der Waals surface area contributed by atoms with Gasteiger partial charge in [0.2, 0.25) is 0 Å². The van der Waals surface area contributed by atoms with Gasteiger partial charge in [-0.25, -0.2) is 4.98 Å². The van der Waals surface area contributed by atoms with Gasteiger partial charge in [0.25, 0.3) is 0 Å².